The number of hydrogen-bond donors (Lipinski definition) is 0. The highest BCUT2D eigenvalue weighted by atomic mass is 35.5. The van der Waals surface area contributed by atoms with E-state index in [0.717, 1.165) is 16.1 Å². The van der Waals surface area contributed by atoms with Gasteiger partial charge >= 0.3 is 0 Å². The minimum atomic E-state index is -0.509. The molecule has 1 aromatic heterocycles. The SMILES string of the molecule is Cc1nnc(N2N=C(c3ccc([N+](=O)[O-])c(Cl)c3)c3cc4c(cc3CC2C)OCO4)s1. The predicted molar refractivity (Wildman–Crippen MR) is 117 cm³/mol. The van der Waals surface area contributed by atoms with Gasteiger partial charge in [0.15, 0.2) is 11.5 Å². The average molecular weight is 458 g/mol. The van der Waals surface area contributed by atoms with Crippen LogP contribution in [0.4, 0.5) is 10.8 Å². The Balaban J connectivity index is 1.71. The summed E-state index contributed by atoms with van der Waals surface area (Å²) >= 11 is 7.66. The molecule has 158 valence electrons. The summed E-state index contributed by atoms with van der Waals surface area (Å²) in [7, 11) is 0. The second-order valence-corrected chi connectivity index (χ2v) is 8.80. The predicted octanol–water partition coefficient (Wildman–Crippen LogP) is 4.34. The number of aromatic nitrogens is 2. The normalized spacial score (nSPS) is 17.2. The summed E-state index contributed by atoms with van der Waals surface area (Å²) in [6.45, 7) is 4.11. The molecule has 3 heterocycles. The summed E-state index contributed by atoms with van der Waals surface area (Å²) in [4.78, 5) is 10.7. The molecule has 0 radical (unpaired) electrons. The lowest BCUT2D eigenvalue weighted by molar-refractivity contribution is -0.384. The Morgan fingerprint density at radius 1 is 1.23 bits per heavy atom. The van der Waals surface area contributed by atoms with Crippen LogP contribution < -0.4 is 14.5 Å². The molecule has 2 aliphatic heterocycles. The fourth-order valence-electron chi connectivity index (χ4n) is 3.66. The third kappa shape index (κ3) is 3.47. The van der Waals surface area contributed by atoms with Crippen molar-refractivity contribution >= 4 is 39.5 Å². The van der Waals surface area contributed by atoms with Crippen LogP contribution in [0.15, 0.2) is 35.4 Å². The van der Waals surface area contributed by atoms with Gasteiger partial charge in [0, 0.05) is 17.2 Å². The first-order chi connectivity index (χ1) is 14.9. The molecule has 2 aromatic carbocycles. The van der Waals surface area contributed by atoms with Gasteiger partial charge in [-0.1, -0.05) is 22.9 Å². The molecule has 3 aromatic rings. The van der Waals surface area contributed by atoms with Crippen molar-refractivity contribution in [1.29, 1.82) is 0 Å². The monoisotopic (exact) mass is 457 g/mol. The maximum Gasteiger partial charge on any atom is 0.287 e. The van der Waals surface area contributed by atoms with Crippen LogP contribution in [-0.4, -0.2) is 33.7 Å². The molecular weight excluding hydrogens is 442 g/mol. The van der Waals surface area contributed by atoms with E-state index >= 15 is 0 Å². The highest BCUT2D eigenvalue weighted by Gasteiger charge is 2.29. The zero-order chi connectivity index (χ0) is 21.7. The summed E-state index contributed by atoms with van der Waals surface area (Å²) in [6, 6.07) is 8.44. The van der Waals surface area contributed by atoms with E-state index in [1.54, 1.807) is 12.1 Å². The third-order valence-electron chi connectivity index (χ3n) is 5.12. The van der Waals surface area contributed by atoms with Crippen molar-refractivity contribution in [3.8, 4) is 11.5 Å². The van der Waals surface area contributed by atoms with Crippen molar-refractivity contribution in [2.24, 2.45) is 5.10 Å². The van der Waals surface area contributed by atoms with Crippen molar-refractivity contribution in [2.45, 2.75) is 26.3 Å². The van der Waals surface area contributed by atoms with E-state index in [2.05, 4.69) is 17.1 Å². The number of ether oxygens (including phenoxy) is 2. The number of benzene rings is 2. The van der Waals surface area contributed by atoms with Gasteiger partial charge in [0.2, 0.25) is 11.9 Å². The van der Waals surface area contributed by atoms with Gasteiger partial charge in [-0.15, -0.1) is 10.2 Å². The zero-order valence-corrected chi connectivity index (χ0v) is 18.1. The first-order valence-corrected chi connectivity index (χ1v) is 10.7. The summed E-state index contributed by atoms with van der Waals surface area (Å²) in [5, 5.41) is 27.9. The molecule has 0 fully saturated rings. The second-order valence-electron chi connectivity index (χ2n) is 7.24. The number of halogens is 1. The maximum atomic E-state index is 11.2. The first kappa shape index (κ1) is 19.7. The molecule has 0 aliphatic carbocycles. The van der Waals surface area contributed by atoms with Crippen LogP contribution in [-0.2, 0) is 6.42 Å². The van der Waals surface area contributed by atoms with Crippen LogP contribution in [0.1, 0.15) is 28.6 Å². The van der Waals surface area contributed by atoms with Gasteiger partial charge in [0.25, 0.3) is 5.69 Å². The van der Waals surface area contributed by atoms with E-state index in [1.165, 1.54) is 17.4 Å². The van der Waals surface area contributed by atoms with Gasteiger partial charge in [-0.3, -0.25) is 10.1 Å². The number of nitro benzene ring substituents is 1. The van der Waals surface area contributed by atoms with E-state index in [0.29, 0.717) is 34.3 Å². The molecule has 0 N–H and O–H groups in total. The van der Waals surface area contributed by atoms with E-state index in [4.69, 9.17) is 26.2 Å². The topological polar surface area (TPSA) is 103 Å². The molecule has 5 rings (SSSR count). The number of nitro groups is 1. The van der Waals surface area contributed by atoms with Crippen molar-refractivity contribution in [1.82, 2.24) is 10.2 Å². The third-order valence-corrected chi connectivity index (χ3v) is 6.25. The van der Waals surface area contributed by atoms with Gasteiger partial charge < -0.3 is 9.47 Å². The fraction of sp³-hybridized carbons (Fsp3) is 0.250. The molecule has 0 spiro atoms. The van der Waals surface area contributed by atoms with E-state index < -0.39 is 4.92 Å². The Hall–Kier alpha value is -3.24. The Labute approximate surface area is 186 Å². The quantitative estimate of drug-likeness (QED) is 0.425. The fourth-order valence-corrected chi connectivity index (χ4v) is 4.66. The Morgan fingerprint density at radius 3 is 2.68 bits per heavy atom. The van der Waals surface area contributed by atoms with Crippen LogP contribution in [0.25, 0.3) is 0 Å². The molecule has 1 unspecified atom stereocenters. The van der Waals surface area contributed by atoms with Crippen LogP contribution in [0.5, 0.6) is 11.5 Å². The average Bonchev–Trinajstić information content (AvgIpc) is 3.33. The van der Waals surface area contributed by atoms with Gasteiger partial charge in [0.1, 0.15) is 10.0 Å². The number of nitrogens with zero attached hydrogens (tertiary/aromatic N) is 5. The Morgan fingerprint density at radius 2 is 2.00 bits per heavy atom. The largest absolute Gasteiger partial charge is 0.454 e. The van der Waals surface area contributed by atoms with Crippen molar-refractivity contribution in [3.05, 3.63) is 67.2 Å². The van der Waals surface area contributed by atoms with Crippen molar-refractivity contribution in [3.63, 3.8) is 0 Å². The molecule has 0 bridgehead atoms. The minimum Gasteiger partial charge on any atom is -0.454 e. The van der Waals surface area contributed by atoms with Crippen molar-refractivity contribution in [2.75, 3.05) is 11.8 Å². The van der Waals surface area contributed by atoms with Gasteiger partial charge in [-0.25, -0.2) is 5.01 Å². The number of rotatable bonds is 3. The highest BCUT2D eigenvalue weighted by Crippen LogP contribution is 2.39. The van der Waals surface area contributed by atoms with Gasteiger partial charge in [-0.2, -0.15) is 5.10 Å². The second kappa shape index (κ2) is 7.47. The molecule has 9 nitrogen and oxygen atoms in total. The van der Waals surface area contributed by atoms with Crippen LogP contribution in [0, 0.1) is 17.0 Å². The van der Waals surface area contributed by atoms with E-state index in [-0.39, 0.29) is 23.5 Å². The minimum absolute atomic E-state index is 0.0162. The van der Waals surface area contributed by atoms with Crippen LogP contribution in [0.3, 0.4) is 0 Å². The molecular formula is C20H16ClN5O4S. The number of hydrazone groups is 1. The molecule has 11 heteroatoms. The van der Waals surface area contributed by atoms with Gasteiger partial charge in [-0.05, 0) is 50.1 Å². The summed E-state index contributed by atoms with van der Waals surface area (Å²) in [5.74, 6) is 1.32. The lowest BCUT2D eigenvalue weighted by Crippen LogP contribution is -2.29. The lowest BCUT2D eigenvalue weighted by Gasteiger charge is -2.21. The smallest absolute Gasteiger partial charge is 0.287 e. The van der Waals surface area contributed by atoms with Gasteiger partial charge in [0.05, 0.1) is 16.7 Å². The summed E-state index contributed by atoms with van der Waals surface area (Å²) < 4.78 is 11.1. The lowest BCUT2D eigenvalue weighted by atomic mass is 9.94. The number of aryl methyl sites for hydroxylation is 1. The molecule has 2 aliphatic rings. The first-order valence-electron chi connectivity index (χ1n) is 9.46. The molecule has 0 saturated heterocycles. The Kier molecular flexibility index (Phi) is 4.75. The standard InChI is InChI=1S/C20H16ClN5O4S/c1-10-5-13-7-17-18(30-9-29-17)8-14(13)19(24-25(10)20-23-22-11(2)31-20)12-3-4-16(26(27)28)15(21)6-12/h3-4,6-8,10H,5,9H2,1-2H3. The van der Waals surface area contributed by atoms with E-state index in [1.807, 2.05) is 24.1 Å². The van der Waals surface area contributed by atoms with E-state index in [9.17, 15) is 10.1 Å². The van der Waals surface area contributed by atoms with Crippen molar-refractivity contribution < 1.29 is 14.4 Å². The van der Waals surface area contributed by atoms with Crippen LogP contribution in [0.2, 0.25) is 5.02 Å². The van der Waals surface area contributed by atoms with Crippen LogP contribution >= 0.6 is 22.9 Å². The molecule has 0 saturated carbocycles. The summed E-state index contributed by atoms with van der Waals surface area (Å²) in [6.07, 6.45) is 0.679. The Bertz CT molecular complexity index is 1240. The molecule has 31 heavy (non-hydrogen) atoms. The highest BCUT2D eigenvalue weighted by molar-refractivity contribution is 7.15. The molecule has 1 atom stereocenters. The molecule has 0 amide bonds. The zero-order valence-electron chi connectivity index (χ0n) is 16.5. The summed E-state index contributed by atoms with van der Waals surface area (Å²) in [5.41, 5.74) is 2.98. The number of fused-ring (bicyclic) bond motifs is 2. The maximum absolute atomic E-state index is 11.2. The number of hydrogen-bond acceptors (Lipinski definition) is 9. The number of anilines is 1.